The fourth-order valence-electron chi connectivity index (χ4n) is 3.57. The Kier molecular flexibility index (Phi) is 7.00. The molecule has 0 fully saturated rings. The van der Waals surface area contributed by atoms with Gasteiger partial charge in [-0.1, -0.05) is 29.8 Å². The van der Waals surface area contributed by atoms with E-state index in [2.05, 4.69) is 66.8 Å². The molecule has 0 amide bonds. The highest BCUT2D eigenvalue weighted by Gasteiger charge is 2.17. The number of para-hydroxylation sites is 1. The minimum Gasteiger partial charge on any atom is -0.487 e. The number of rotatable bonds is 9. The van der Waals surface area contributed by atoms with Crippen molar-refractivity contribution in [1.82, 2.24) is 14.4 Å². The molecule has 5 heteroatoms. The molecule has 0 unspecified atom stereocenters. The summed E-state index contributed by atoms with van der Waals surface area (Å²) in [6.45, 7) is 3.62. The summed E-state index contributed by atoms with van der Waals surface area (Å²) in [6.07, 6.45) is 1.16. The Bertz CT molecular complexity index is 902. The molecular formula is C23H30ClN3O. The van der Waals surface area contributed by atoms with E-state index in [1.54, 1.807) is 0 Å². The van der Waals surface area contributed by atoms with Gasteiger partial charge in [-0.15, -0.1) is 0 Å². The third-order valence-electron chi connectivity index (χ3n) is 5.11. The Balaban J connectivity index is 1.80. The van der Waals surface area contributed by atoms with Crippen LogP contribution in [0.1, 0.15) is 17.7 Å². The highest BCUT2D eigenvalue weighted by Crippen LogP contribution is 2.28. The van der Waals surface area contributed by atoms with Gasteiger partial charge in [-0.2, -0.15) is 0 Å². The lowest BCUT2D eigenvalue weighted by Crippen LogP contribution is -2.24. The van der Waals surface area contributed by atoms with Gasteiger partial charge in [0.25, 0.3) is 0 Å². The highest BCUT2D eigenvalue weighted by atomic mass is 35.5. The number of halogens is 1. The fraction of sp³-hybridized carbons (Fsp3) is 0.391. The molecule has 3 rings (SSSR count). The molecule has 3 aromatic rings. The van der Waals surface area contributed by atoms with Crippen LogP contribution in [0.15, 0.2) is 48.5 Å². The summed E-state index contributed by atoms with van der Waals surface area (Å²) in [5, 5.41) is 2.02. The maximum atomic E-state index is 6.09. The SMILES string of the molecule is CN(C)CCCN(C)Cc1c(COc2ccc(Cl)cc2)n(C)c2ccccc12. The van der Waals surface area contributed by atoms with Crippen molar-refractivity contribution in [2.75, 3.05) is 34.2 Å². The summed E-state index contributed by atoms with van der Waals surface area (Å²) in [5.41, 5.74) is 3.81. The Labute approximate surface area is 173 Å². The number of ether oxygens (including phenoxy) is 1. The van der Waals surface area contributed by atoms with Crippen LogP contribution >= 0.6 is 11.6 Å². The van der Waals surface area contributed by atoms with Crippen LogP contribution < -0.4 is 4.74 Å². The van der Waals surface area contributed by atoms with Crippen molar-refractivity contribution in [3.05, 3.63) is 64.8 Å². The molecule has 0 aliphatic heterocycles. The van der Waals surface area contributed by atoms with Crippen molar-refractivity contribution in [2.45, 2.75) is 19.6 Å². The van der Waals surface area contributed by atoms with Gasteiger partial charge in [-0.25, -0.2) is 0 Å². The van der Waals surface area contributed by atoms with Gasteiger partial charge in [0, 0.05) is 29.5 Å². The van der Waals surface area contributed by atoms with Crippen LogP contribution in [0.2, 0.25) is 5.02 Å². The van der Waals surface area contributed by atoms with Crippen molar-refractivity contribution < 1.29 is 4.74 Å². The van der Waals surface area contributed by atoms with E-state index in [1.165, 1.54) is 22.2 Å². The summed E-state index contributed by atoms with van der Waals surface area (Å²) >= 11 is 5.98. The van der Waals surface area contributed by atoms with Gasteiger partial charge in [0.15, 0.2) is 0 Å². The molecule has 150 valence electrons. The zero-order valence-corrected chi connectivity index (χ0v) is 18.0. The molecule has 0 saturated heterocycles. The lowest BCUT2D eigenvalue weighted by Gasteiger charge is -2.19. The van der Waals surface area contributed by atoms with E-state index in [0.717, 1.165) is 36.8 Å². The largest absolute Gasteiger partial charge is 0.487 e. The number of hydrogen-bond acceptors (Lipinski definition) is 3. The predicted octanol–water partition coefficient (Wildman–Crippen LogP) is 4.79. The van der Waals surface area contributed by atoms with Gasteiger partial charge in [-0.05, 0) is 76.5 Å². The second-order valence-corrected chi connectivity index (χ2v) is 8.08. The first kappa shape index (κ1) is 20.7. The van der Waals surface area contributed by atoms with Crippen LogP contribution in [0.3, 0.4) is 0 Å². The lowest BCUT2D eigenvalue weighted by atomic mass is 10.1. The smallest absolute Gasteiger partial charge is 0.129 e. The first-order chi connectivity index (χ1) is 13.5. The molecule has 0 spiro atoms. The molecule has 2 aromatic carbocycles. The Morgan fingerprint density at radius 2 is 1.68 bits per heavy atom. The van der Waals surface area contributed by atoms with E-state index in [-0.39, 0.29) is 0 Å². The summed E-state index contributed by atoms with van der Waals surface area (Å²) < 4.78 is 8.35. The molecule has 0 aliphatic carbocycles. The predicted molar refractivity (Wildman–Crippen MR) is 118 cm³/mol. The Hall–Kier alpha value is -2.01. The van der Waals surface area contributed by atoms with Crippen molar-refractivity contribution in [2.24, 2.45) is 7.05 Å². The zero-order valence-electron chi connectivity index (χ0n) is 17.3. The zero-order chi connectivity index (χ0) is 20.1. The molecule has 0 atom stereocenters. The topological polar surface area (TPSA) is 20.6 Å². The normalized spacial score (nSPS) is 11.7. The van der Waals surface area contributed by atoms with Gasteiger partial charge >= 0.3 is 0 Å². The molecule has 0 N–H and O–H groups in total. The van der Waals surface area contributed by atoms with E-state index in [9.17, 15) is 0 Å². The van der Waals surface area contributed by atoms with Crippen LogP contribution in [-0.4, -0.2) is 48.6 Å². The Morgan fingerprint density at radius 3 is 2.39 bits per heavy atom. The van der Waals surface area contributed by atoms with E-state index in [0.29, 0.717) is 6.61 Å². The van der Waals surface area contributed by atoms with Crippen molar-refractivity contribution in [1.29, 1.82) is 0 Å². The third-order valence-corrected chi connectivity index (χ3v) is 5.36. The third kappa shape index (κ3) is 5.07. The molecule has 0 saturated carbocycles. The molecule has 0 bridgehead atoms. The van der Waals surface area contributed by atoms with Gasteiger partial charge < -0.3 is 19.1 Å². The number of aryl methyl sites for hydroxylation is 1. The van der Waals surface area contributed by atoms with Crippen LogP contribution in [-0.2, 0) is 20.2 Å². The standard InChI is InChI=1S/C23H30ClN3O/c1-25(2)14-7-15-26(3)16-21-20-8-5-6-9-22(20)27(4)23(21)17-28-19-12-10-18(24)11-13-19/h5-6,8-13H,7,14-17H2,1-4H3. The monoisotopic (exact) mass is 399 g/mol. The minimum atomic E-state index is 0.535. The average Bonchev–Trinajstić information content (AvgIpc) is 2.93. The van der Waals surface area contributed by atoms with Gasteiger partial charge in [0.05, 0.1) is 5.69 Å². The van der Waals surface area contributed by atoms with E-state index in [4.69, 9.17) is 16.3 Å². The van der Waals surface area contributed by atoms with Crippen molar-refractivity contribution >= 4 is 22.5 Å². The van der Waals surface area contributed by atoms with Gasteiger partial charge in [0.1, 0.15) is 12.4 Å². The van der Waals surface area contributed by atoms with Crippen molar-refractivity contribution in [3.63, 3.8) is 0 Å². The van der Waals surface area contributed by atoms with E-state index >= 15 is 0 Å². The molecule has 1 aromatic heterocycles. The summed E-state index contributed by atoms with van der Waals surface area (Å²) in [6, 6.07) is 16.1. The number of aromatic nitrogens is 1. The quantitative estimate of drug-likeness (QED) is 0.515. The van der Waals surface area contributed by atoms with Crippen LogP contribution in [0, 0.1) is 0 Å². The average molecular weight is 400 g/mol. The highest BCUT2D eigenvalue weighted by molar-refractivity contribution is 6.30. The molecular weight excluding hydrogens is 370 g/mol. The minimum absolute atomic E-state index is 0.535. The molecule has 4 nitrogen and oxygen atoms in total. The number of fused-ring (bicyclic) bond motifs is 1. The maximum absolute atomic E-state index is 6.09. The summed E-state index contributed by atoms with van der Waals surface area (Å²) in [4.78, 5) is 4.63. The first-order valence-corrected chi connectivity index (χ1v) is 10.1. The second-order valence-electron chi connectivity index (χ2n) is 7.64. The fourth-order valence-corrected chi connectivity index (χ4v) is 3.70. The molecule has 28 heavy (non-hydrogen) atoms. The molecule has 1 heterocycles. The van der Waals surface area contributed by atoms with Crippen LogP contribution in [0.25, 0.3) is 10.9 Å². The summed E-state index contributed by atoms with van der Waals surface area (Å²) in [7, 11) is 8.56. The maximum Gasteiger partial charge on any atom is 0.129 e. The van der Waals surface area contributed by atoms with E-state index in [1.807, 2.05) is 24.3 Å². The van der Waals surface area contributed by atoms with Crippen LogP contribution in [0.4, 0.5) is 0 Å². The number of nitrogens with zero attached hydrogens (tertiary/aromatic N) is 3. The Morgan fingerprint density at radius 1 is 0.964 bits per heavy atom. The molecule has 0 aliphatic rings. The lowest BCUT2D eigenvalue weighted by molar-refractivity contribution is 0.280. The van der Waals surface area contributed by atoms with Crippen molar-refractivity contribution in [3.8, 4) is 5.75 Å². The number of hydrogen-bond donors (Lipinski definition) is 0. The van der Waals surface area contributed by atoms with E-state index < -0.39 is 0 Å². The van der Waals surface area contributed by atoms with Gasteiger partial charge in [0.2, 0.25) is 0 Å². The molecule has 0 radical (unpaired) electrons. The second kappa shape index (κ2) is 9.46. The number of benzene rings is 2. The summed E-state index contributed by atoms with van der Waals surface area (Å²) in [5.74, 6) is 0.833. The van der Waals surface area contributed by atoms with Crippen LogP contribution in [0.5, 0.6) is 5.75 Å². The van der Waals surface area contributed by atoms with Gasteiger partial charge in [-0.3, -0.25) is 0 Å². The first-order valence-electron chi connectivity index (χ1n) is 9.72.